The van der Waals surface area contributed by atoms with Gasteiger partial charge in [-0.1, -0.05) is 12.1 Å². The van der Waals surface area contributed by atoms with Crippen LogP contribution in [0.25, 0.3) is 0 Å². The molecule has 206 valence electrons. The van der Waals surface area contributed by atoms with E-state index in [0.717, 1.165) is 81.5 Å². The normalized spacial score (nSPS) is 33.8. The highest BCUT2D eigenvalue weighted by atomic mass is 16.3. The number of aromatic nitrogens is 1. The average molecular weight is 529 g/mol. The summed E-state index contributed by atoms with van der Waals surface area (Å²) in [4.78, 5) is 27.8. The molecule has 9 rings (SSSR count). The lowest BCUT2D eigenvalue weighted by molar-refractivity contribution is -0.136. The van der Waals surface area contributed by atoms with Gasteiger partial charge in [0, 0.05) is 51.4 Å². The number of fused-ring (bicyclic) bond motifs is 1. The van der Waals surface area contributed by atoms with E-state index >= 15 is 0 Å². The largest absolute Gasteiger partial charge is 0.390 e. The molecule has 8 nitrogen and oxygen atoms in total. The molecule has 3 heterocycles. The monoisotopic (exact) mass is 528 g/mol. The van der Waals surface area contributed by atoms with Crippen LogP contribution in [0.3, 0.4) is 0 Å². The Morgan fingerprint density at radius 3 is 2.31 bits per heavy atom. The van der Waals surface area contributed by atoms with Crippen LogP contribution in [-0.4, -0.2) is 78.0 Å². The highest BCUT2D eigenvalue weighted by molar-refractivity contribution is 5.98. The second-order valence-corrected chi connectivity index (χ2v) is 13.1. The maximum Gasteiger partial charge on any atom is 0.322 e. The maximum atomic E-state index is 13.7. The van der Waals surface area contributed by atoms with Crippen molar-refractivity contribution in [2.75, 3.05) is 54.0 Å². The van der Waals surface area contributed by atoms with E-state index in [0.29, 0.717) is 30.8 Å². The van der Waals surface area contributed by atoms with Crippen LogP contribution < -0.4 is 20.0 Å². The second-order valence-electron chi connectivity index (χ2n) is 13.1. The number of nitrogens with one attached hydrogen (secondary N) is 1. The predicted octanol–water partition coefficient (Wildman–Crippen LogP) is 3.97. The minimum Gasteiger partial charge on any atom is -0.390 e. The summed E-state index contributed by atoms with van der Waals surface area (Å²) in [5.74, 6) is 2.37. The molecule has 2 aromatic rings. The van der Waals surface area contributed by atoms with Crippen molar-refractivity contribution in [3.8, 4) is 0 Å². The molecule has 2 unspecified atom stereocenters. The second kappa shape index (κ2) is 9.10. The highest BCUT2D eigenvalue weighted by Crippen LogP contribution is 2.55. The Labute approximate surface area is 231 Å². The Morgan fingerprint density at radius 2 is 1.64 bits per heavy atom. The van der Waals surface area contributed by atoms with Crippen molar-refractivity contribution < 1.29 is 9.90 Å². The molecule has 6 fully saturated rings. The van der Waals surface area contributed by atoms with E-state index in [1.54, 1.807) is 0 Å². The number of hydrogen-bond acceptors (Lipinski definition) is 6. The standard InChI is InChI=1S/C31H40N6O2/c38-30(33-29-22-15-21-16-23(29)19-31(39,17-21)18-22)37-14-13-36(26-3-1-2-4-27(26)37)28-8-7-25(20-32-28)35-11-9-34(10-12-35)24-5-6-24/h1-4,7-8,20-24,29,39H,5-6,9-19H2,(H,33,38). The molecule has 5 saturated carbocycles. The van der Waals surface area contributed by atoms with Crippen molar-refractivity contribution in [2.24, 2.45) is 17.8 Å². The van der Waals surface area contributed by atoms with Gasteiger partial charge in [0.05, 0.1) is 28.9 Å². The first-order valence-corrected chi connectivity index (χ1v) is 15.2. The van der Waals surface area contributed by atoms with Gasteiger partial charge in [0.25, 0.3) is 0 Å². The molecule has 7 aliphatic rings. The molecular weight excluding hydrogens is 488 g/mol. The van der Waals surface area contributed by atoms with Crippen molar-refractivity contribution >= 4 is 28.9 Å². The van der Waals surface area contributed by atoms with Crippen LogP contribution in [0.5, 0.6) is 0 Å². The Bertz CT molecular complexity index is 1220. The van der Waals surface area contributed by atoms with E-state index in [9.17, 15) is 9.90 Å². The molecule has 8 heteroatoms. The summed E-state index contributed by atoms with van der Waals surface area (Å²) in [5, 5.41) is 14.4. The number of urea groups is 1. The van der Waals surface area contributed by atoms with Crippen molar-refractivity contribution in [1.82, 2.24) is 15.2 Å². The van der Waals surface area contributed by atoms with Gasteiger partial charge < -0.3 is 20.2 Å². The molecule has 2 atom stereocenters. The lowest BCUT2D eigenvalue weighted by Crippen LogP contribution is -2.63. The van der Waals surface area contributed by atoms with E-state index in [1.807, 2.05) is 29.3 Å². The zero-order valence-electron chi connectivity index (χ0n) is 22.7. The molecule has 5 aliphatic carbocycles. The summed E-state index contributed by atoms with van der Waals surface area (Å²) in [5.41, 5.74) is 2.67. The number of nitrogens with zero attached hydrogens (tertiary/aromatic N) is 5. The molecule has 2 N–H and O–H groups in total. The minimum absolute atomic E-state index is 0.000195. The van der Waals surface area contributed by atoms with Gasteiger partial charge in [-0.2, -0.15) is 0 Å². The Kier molecular flexibility index (Phi) is 5.60. The van der Waals surface area contributed by atoms with Gasteiger partial charge in [0.15, 0.2) is 0 Å². The Morgan fingerprint density at radius 1 is 0.897 bits per heavy atom. The van der Waals surface area contributed by atoms with Crippen LogP contribution in [-0.2, 0) is 0 Å². The van der Waals surface area contributed by atoms with Gasteiger partial charge in [0.1, 0.15) is 5.82 Å². The van der Waals surface area contributed by atoms with E-state index in [2.05, 4.69) is 38.2 Å². The summed E-state index contributed by atoms with van der Waals surface area (Å²) in [7, 11) is 0. The molecular formula is C31H40N6O2. The van der Waals surface area contributed by atoms with E-state index in [1.165, 1.54) is 18.5 Å². The topological polar surface area (TPSA) is 75.2 Å². The molecule has 4 bridgehead atoms. The zero-order chi connectivity index (χ0) is 26.1. The average Bonchev–Trinajstić information content (AvgIpc) is 3.80. The SMILES string of the molecule is O=C(NC1C2CC3CC1CC(O)(C3)C2)N1CCN(c2ccc(N3CCN(C4CC4)CC3)cn2)c2ccccc21. The van der Waals surface area contributed by atoms with Gasteiger partial charge in [-0.15, -0.1) is 0 Å². The number of carbonyl (C=O) groups is 1. The molecule has 39 heavy (non-hydrogen) atoms. The molecule has 2 amide bonds. The third-order valence-electron chi connectivity index (χ3n) is 10.5. The minimum atomic E-state index is -0.483. The smallest absolute Gasteiger partial charge is 0.322 e. The summed E-state index contributed by atoms with van der Waals surface area (Å²) >= 11 is 0. The molecule has 1 saturated heterocycles. The summed E-state index contributed by atoms with van der Waals surface area (Å²) in [6.07, 6.45) is 9.70. The summed E-state index contributed by atoms with van der Waals surface area (Å²) in [6.45, 7) is 5.75. The third-order valence-corrected chi connectivity index (χ3v) is 10.5. The third kappa shape index (κ3) is 4.27. The van der Waals surface area contributed by atoms with E-state index in [4.69, 9.17) is 4.98 Å². The highest BCUT2D eigenvalue weighted by Gasteiger charge is 2.55. The van der Waals surface area contributed by atoms with Crippen LogP contribution in [0, 0.1) is 17.8 Å². The number of rotatable bonds is 4. The van der Waals surface area contributed by atoms with Crippen LogP contribution >= 0.6 is 0 Å². The molecule has 0 radical (unpaired) electrons. The van der Waals surface area contributed by atoms with Crippen LogP contribution in [0.4, 0.5) is 27.7 Å². The quantitative estimate of drug-likeness (QED) is 0.626. The van der Waals surface area contributed by atoms with Crippen molar-refractivity contribution in [3.05, 3.63) is 42.6 Å². The number of hydrogen-bond donors (Lipinski definition) is 2. The molecule has 2 aliphatic heterocycles. The van der Waals surface area contributed by atoms with Crippen molar-refractivity contribution in [2.45, 2.75) is 62.6 Å². The van der Waals surface area contributed by atoms with Gasteiger partial charge in [-0.25, -0.2) is 9.78 Å². The van der Waals surface area contributed by atoms with Crippen LogP contribution in [0.2, 0.25) is 0 Å². The van der Waals surface area contributed by atoms with E-state index < -0.39 is 5.60 Å². The van der Waals surface area contributed by atoms with Gasteiger partial charge >= 0.3 is 6.03 Å². The summed E-state index contributed by atoms with van der Waals surface area (Å²) in [6, 6.07) is 13.6. The first-order chi connectivity index (χ1) is 19.0. The maximum absolute atomic E-state index is 13.7. The first-order valence-electron chi connectivity index (χ1n) is 15.2. The van der Waals surface area contributed by atoms with Gasteiger partial charge in [0.2, 0.25) is 0 Å². The lowest BCUT2D eigenvalue weighted by atomic mass is 9.52. The van der Waals surface area contributed by atoms with Crippen LogP contribution in [0.1, 0.15) is 44.9 Å². The van der Waals surface area contributed by atoms with Gasteiger partial charge in [-0.3, -0.25) is 9.80 Å². The van der Waals surface area contributed by atoms with E-state index in [-0.39, 0.29) is 12.1 Å². The number of amides is 2. The molecule has 0 spiro atoms. The fourth-order valence-corrected chi connectivity index (χ4v) is 8.76. The fourth-order valence-electron chi connectivity index (χ4n) is 8.76. The number of para-hydroxylation sites is 2. The molecule has 1 aromatic heterocycles. The molecule has 1 aromatic carbocycles. The summed E-state index contributed by atoms with van der Waals surface area (Å²) < 4.78 is 0. The lowest BCUT2D eigenvalue weighted by Gasteiger charge is -2.58. The Hall–Kier alpha value is -2.84. The number of anilines is 4. The zero-order valence-corrected chi connectivity index (χ0v) is 22.7. The van der Waals surface area contributed by atoms with Crippen LogP contribution in [0.15, 0.2) is 42.6 Å². The Balaban J connectivity index is 0.967. The number of piperazine rings is 1. The predicted molar refractivity (Wildman–Crippen MR) is 153 cm³/mol. The number of benzene rings is 1. The van der Waals surface area contributed by atoms with Gasteiger partial charge in [-0.05, 0) is 87.0 Å². The first kappa shape index (κ1) is 24.0. The fraction of sp³-hybridized carbons (Fsp3) is 0.613. The van der Waals surface area contributed by atoms with Crippen molar-refractivity contribution in [3.63, 3.8) is 0 Å². The van der Waals surface area contributed by atoms with Crippen molar-refractivity contribution in [1.29, 1.82) is 0 Å². The number of pyridine rings is 1. The number of carbonyl (C=O) groups excluding carboxylic acids is 1. The number of aliphatic hydroxyl groups is 1.